The summed E-state index contributed by atoms with van der Waals surface area (Å²) < 4.78 is 98.2. The van der Waals surface area contributed by atoms with E-state index in [0.717, 1.165) is 5.56 Å². The van der Waals surface area contributed by atoms with E-state index in [1.54, 1.807) is 62.6 Å². The van der Waals surface area contributed by atoms with Crippen molar-refractivity contribution in [1.82, 2.24) is 4.90 Å². The lowest BCUT2D eigenvalue weighted by Gasteiger charge is -2.37. The van der Waals surface area contributed by atoms with E-state index >= 15 is 0 Å². The molecule has 0 saturated heterocycles. The van der Waals surface area contributed by atoms with Gasteiger partial charge in [-0.15, -0.1) is 25.7 Å². The second-order valence-corrected chi connectivity index (χ2v) is 26.8. The van der Waals surface area contributed by atoms with Gasteiger partial charge in [0.1, 0.15) is 126 Å². The molecular weight excluding hydrogens is 1530 g/mol. The number of hydrogen-bond donors (Lipinski definition) is 6. The molecule has 0 aromatic heterocycles. The molecule has 0 heterocycles. The van der Waals surface area contributed by atoms with Crippen LogP contribution in [0.5, 0.6) is 23.0 Å². The van der Waals surface area contributed by atoms with Crippen molar-refractivity contribution < 1.29 is 145 Å². The van der Waals surface area contributed by atoms with Crippen LogP contribution in [0.1, 0.15) is 78.1 Å². The first-order valence-corrected chi connectivity index (χ1v) is 36.5. The number of terminal acetylenes is 4. The zero-order valence-electron chi connectivity index (χ0n) is 65.0. The van der Waals surface area contributed by atoms with Gasteiger partial charge < -0.3 is 116 Å². The van der Waals surface area contributed by atoms with E-state index in [0.29, 0.717) is 5.56 Å². The van der Waals surface area contributed by atoms with Crippen molar-refractivity contribution in [2.75, 3.05) is 173 Å². The van der Waals surface area contributed by atoms with Gasteiger partial charge in [-0.05, 0) is 116 Å². The summed E-state index contributed by atoms with van der Waals surface area (Å²) in [7, 11) is 3.13. The molecule has 6 aromatic rings. The summed E-state index contributed by atoms with van der Waals surface area (Å²) in [6, 6.07) is 35.9. The monoisotopic (exact) mass is 1620 g/mol. The number of carbonyl (C=O) groups is 7. The normalized spacial score (nSPS) is 13.5. The summed E-state index contributed by atoms with van der Waals surface area (Å²) in [5.74, 6) is 5.10. The van der Waals surface area contributed by atoms with Crippen molar-refractivity contribution in [1.29, 1.82) is 0 Å². The molecule has 6 N–H and O–H groups in total. The van der Waals surface area contributed by atoms with Crippen LogP contribution in [-0.4, -0.2) is 287 Å². The van der Waals surface area contributed by atoms with Crippen LogP contribution in [-0.2, 0) is 61.6 Å². The lowest BCUT2D eigenvalue weighted by molar-refractivity contribution is -0.160. The maximum absolute atomic E-state index is 13.3. The Bertz CT molecular complexity index is 4090. The standard InChI is InChI=1S/C86H97NO30/c1-8-32-108-74-20-12-16-64(36-74)81(97)114-48-70(90)42-103-54-85(52-101-40-68(88)46-112-79(95)62-26-24-60(5)25-27-62,55-104-43-71(91)49-115-82(98)65-17-13-21-75(37-65)109-33-9-2)58-107-59-86(56-105-44-72(92)50-116-83(99)66-18-14-22-76(38-66)110-34-10-3,57-106-45-73(93)51-117-84(100)67-19-15-23-77(39-67)111-35-11-4)53-102-41-69(89)47-113-80(96)63-30-28-61(29-31-63)78(94)87(6)7/h1-4,12-31,36-39,68-73,88-93H,32-35,40-59H2,5-7H3. The molecule has 0 aliphatic carbocycles. The van der Waals surface area contributed by atoms with Crippen LogP contribution in [0.4, 0.5) is 0 Å². The lowest BCUT2D eigenvalue weighted by Crippen LogP contribution is -2.47. The molecular formula is C86H97NO30. The summed E-state index contributed by atoms with van der Waals surface area (Å²) in [6.45, 7) is -9.60. The summed E-state index contributed by atoms with van der Waals surface area (Å²) in [5, 5.41) is 68.0. The Morgan fingerprint density at radius 3 is 0.752 bits per heavy atom. The minimum Gasteiger partial charge on any atom is -0.481 e. The summed E-state index contributed by atoms with van der Waals surface area (Å²) >= 11 is 0. The Morgan fingerprint density at radius 1 is 0.308 bits per heavy atom. The fourth-order valence-corrected chi connectivity index (χ4v) is 10.3. The van der Waals surface area contributed by atoms with Crippen molar-refractivity contribution in [2.24, 2.45) is 10.8 Å². The molecule has 0 aliphatic heterocycles. The van der Waals surface area contributed by atoms with E-state index in [2.05, 4.69) is 23.7 Å². The van der Waals surface area contributed by atoms with E-state index in [1.165, 1.54) is 102 Å². The van der Waals surface area contributed by atoms with E-state index in [-0.39, 0.29) is 88.7 Å². The zero-order chi connectivity index (χ0) is 84.8. The van der Waals surface area contributed by atoms with Crippen molar-refractivity contribution in [3.8, 4) is 72.4 Å². The Kier molecular flexibility index (Phi) is 41.5. The Hall–Kier alpha value is -11.5. The van der Waals surface area contributed by atoms with Gasteiger partial charge in [0.25, 0.3) is 5.91 Å². The van der Waals surface area contributed by atoms with Crippen LogP contribution in [0.15, 0.2) is 146 Å². The van der Waals surface area contributed by atoms with Gasteiger partial charge in [0.2, 0.25) is 0 Å². The molecule has 0 fully saturated rings. The average Bonchev–Trinajstić information content (AvgIpc) is 0.826. The second kappa shape index (κ2) is 51.5. The molecule has 6 aromatic carbocycles. The van der Waals surface area contributed by atoms with Crippen LogP contribution in [0.2, 0.25) is 0 Å². The van der Waals surface area contributed by atoms with Gasteiger partial charge >= 0.3 is 35.8 Å². The topological polar surface area (TPSA) is 401 Å². The molecule has 6 atom stereocenters. The average molecular weight is 1620 g/mol. The van der Waals surface area contributed by atoms with Gasteiger partial charge in [0, 0.05) is 19.7 Å². The van der Waals surface area contributed by atoms with E-state index in [1.807, 2.05) is 6.92 Å². The minimum atomic E-state index is -1.67. The maximum Gasteiger partial charge on any atom is 0.338 e. The van der Waals surface area contributed by atoms with Crippen molar-refractivity contribution >= 4 is 41.7 Å². The predicted octanol–water partition coefficient (Wildman–Crippen LogP) is 4.44. The molecule has 6 unspecified atom stereocenters. The van der Waals surface area contributed by atoms with Gasteiger partial charge in [0.05, 0.1) is 137 Å². The maximum atomic E-state index is 13.3. The van der Waals surface area contributed by atoms with E-state index < -0.39 is 215 Å². The number of hydrogen-bond acceptors (Lipinski definition) is 30. The number of aliphatic hydroxyl groups excluding tert-OH is 6. The Labute approximate surface area is 678 Å². The highest BCUT2D eigenvalue weighted by molar-refractivity contribution is 5.96. The molecule has 0 spiro atoms. The largest absolute Gasteiger partial charge is 0.481 e. The highest BCUT2D eigenvalue weighted by Gasteiger charge is 2.39. The number of carbonyl (C=O) groups excluding carboxylic acids is 7. The number of rotatable bonds is 55. The number of aliphatic hydroxyl groups is 6. The fourth-order valence-electron chi connectivity index (χ4n) is 10.3. The van der Waals surface area contributed by atoms with Gasteiger partial charge in [-0.25, -0.2) is 28.8 Å². The third kappa shape index (κ3) is 35.3. The SMILES string of the molecule is C#CCOc1cccc(C(=O)OCC(O)COCC(COCC(O)COC(=O)c2ccc(C)cc2)(COCC(O)COC(=O)c2cccc(OCC#C)c2)COCC(COCC(O)COC(=O)c2ccc(C(=O)N(C)C)cc2)(COCC(O)COC(=O)c2cccc(OCC#C)c2)COCC(O)COC(=O)c2cccc(OCC#C)c2)c1. The number of aryl methyl sites for hydroxylation is 1. The van der Waals surface area contributed by atoms with Crippen molar-refractivity contribution in [3.05, 3.63) is 190 Å². The van der Waals surface area contributed by atoms with Gasteiger partial charge in [-0.1, -0.05) is 65.6 Å². The third-order valence-electron chi connectivity index (χ3n) is 16.2. The van der Waals surface area contributed by atoms with Gasteiger partial charge in [-0.3, -0.25) is 4.79 Å². The molecule has 117 heavy (non-hydrogen) atoms. The molecule has 626 valence electrons. The first-order valence-electron chi connectivity index (χ1n) is 36.5. The smallest absolute Gasteiger partial charge is 0.338 e. The molecule has 0 bridgehead atoms. The number of benzene rings is 6. The summed E-state index contributed by atoms with van der Waals surface area (Å²) in [6.07, 6.45) is 12.3. The van der Waals surface area contributed by atoms with Crippen LogP contribution in [0.25, 0.3) is 0 Å². The van der Waals surface area contributed by atoms with E-state index in [9.17, 15) is 64.2 Å². The minimum absolute atomic E-state index is 0.0527. The first-order chi connectivity index (χ1) is 56.3. The second-order valence-electron chi connectivity index (χ2n) is 26.8. The Morgan fingerprint density at radius 2 is 0.521 bits per heavy atom. The highest BCUT2D eigenvalue weighted by atomic mass is 16.6. The fraction of sp³-hybridized carbons (Fsp3) is 0.407. The van der Waals surface area contributed by atoms with Crippen LogP contribution >= 0.6 is 0 Å². The molecule has 0 radical (unpaired) electrons. The molecule has 1 amide bonds. The van der Waals surface area contributed by atoms with Gasteiger partial charge in [-0.2, -0.15) is 0 Å². The zero-order valence-corrected chi connectivity index (χ0v) is 65.0. The summed E-state index contributed by atoms with van der Waals surface area (Å²) in [4.78, 5) is 93.3. The molecule has 31 heteroatoms. The third-order valence-corrected chi connectivity index (χ3v) is 16.2. The van der Waals surface area contributed by atoms with Crippen LogP contribution in [0, 0.1) is 67.1 Å². The van der Waals surface area contributed by atoms with Gasteiger partial charge in [0.15, 0.2) is 0 Å². The Balaban J connectivity index is 1.33. The molecule has 6 rings (SSSR count). The molecule has 0 aliphatic rings. The van der Waals surface area contributed by atoms with Crippen molar-refractivity contribution in [3.63, 3.8) is 0 Å². The van der Waals surface area contributed by atoms with Crippen molar-refractivity contribution in [2.45, 2.75) is 43.5 Å². The summed E-state index contributed by atoms with van der Waals surface area (Å²) in [5.41, 5.74) is -1.66. The first kappa shape index (κ1) is 94.4. The lowest BCUT2D eigenvalue weighted by atomic mass is 9.90. The molecule has 0 saturated carbocycles. The number of amides is 1. The van der Waals surface area contributed by atoms with E-state index in [4.69, 9.17) is 106 Å². The predicted molar refractivity (Wildman–Crippen MR) is 417 cm³/mol. The van der Waals surface area contributed by atoms with Crippen LogP contribution < -0.4 is 18.9 Å². The van der Waals surface area contributed by atoms with Crippen LogP contribution in [0.3, 0.4) is 0 Å². The quantitative estimate of drug-likeness (QED) is 0.0175. The number of ether oxygens (including phenoxy) is 17. The highest BCUT2D eigenvalue weighted by Crippen LogP contribution is 2.28. The number of esters is 6. The number of nitrogens with zero attached hydrogens (tertiary/aromatic N) is 1. The molecule has 31 nitrogen and oxygen atoms in total.